The van der Waals surface area contributed by atoms with Gasteiger partial charge in [0.1, 0.15) is 0 Å². The molecule has 5 nitrogen and oxygen atoms in total. The van der Waals surface area contributed by atoms with E-state index in [1.165, 1.54) is 11.3 Å². The second-order valence-corrected chi connectivity index (χ2v) is 5.30. The zero-order chi connectivity index (χ0) is 14.3. The number of rotatable bonds is 2. The third kappa shape index (κ3) is 2.00. The van der Waals surface area contributed by atoms with Crippen molar-refractivity contribution in [2.24, 2.45) is 5.73 Å². The molecule has 1 aliphatic carbocycles. The van der Waals surface area contributed by atoms with Gasteiger partial charge in [0.15, 0.2) is 0 Å². The number of aryl methyl sites for hydroxylation is 1. The number of aromatic nitrogens is 1. The Morgan fingerprint density at radius 3 is 2.70 bits per heavy atom. The molecule has 0 fully saturated rings. The maximum absolute atomic E-state index is 10.7. The van der Waals surface area contributed by atoms with Gasteiger partial charge >= 0.3 is 0 Å². The molecule has 1 aromatic carbocycles. The number of nitro benzene ring substituents is 1. The number of hydrogen-bond donors (Lipinski definition) is 1. The maximum atomic E-state index is 10.7. The Morgan fingerprint density at radius 2 is 2.05 bits per heavy atom. The van der Waals surface area contributed by atoms with E-state index in [4.69, 9.17) is 5.73 Å². The monoisotopic (exact) mass is 271 g/mol. The summed E-state index contributed by atoms with van der Waals surface area (Å²) in [6.45, 7) is 2.05. The zero-order valence-corrected chi connectivity index (χ0v) is 11.4. The lowest BCUT2D eigenvalue weighted by atomic mass is 9.93. The van der Waals surface area contributed by atoms with Gasteiger partial charge in [-0.3, -0.25) is 10.1 Å². The van der Waals surface area contributed by atoms with Crippen molar-refractivity contribution in [3.8, 4) is 5.69 Å². The summed E-state index contributed by atoms with van der Waals surface area (Å²) in [5.41, 5.74) is 10.8. The Labute approximate surface area is 117 Å². The highest BCUT2D eigenvalue weighted by Gasteiger charge is 2.22. The summed E-state index contributed by atoms with van der Waals surface area (Å²) in [7, 11) is 0. The van der Waals surface area contributed by atoms with Gasteiger partial charge in [-0.1, -0.05) is 0 Å². The third-order valence-corrected chi connectivity index (χ3v) is 3.97. The molecule has 0 amide bonds. The fraction of sp³-hybridized carbons (Fsp3) is 0.333. The van der Waals surface area contributed by atoms with Gasteiger partial charge in [-0.2, -0.15) is 0 Å². The van der Waals surface area contributed by atoms with E-state index in [1.807, 2.05) is 6.92 Å². The molecule has 0 spiro atoms. The molecular weight excluding hydrogens is 254 g/mol. The van der Waals surface area contributed by atoms with Crippen molar-refractivity contribution >= 4 is 5.69 Å². The second-order valence-electron chi connectivity index (χ2n) is 5.30. The second kappa shape index (κ2) is 4.76. The number of fused-ring (bicyclic) bond motifs is 1. The molecule has 0 bridgehead atoms. The SMILES string of the molecule is Cc1cc2c(n1-c1ccc([N+](=O)[O-])cc1)CCCC2N. The first-order valence-corrected chi connectivity index (χ1v) is 6.79. The maximum Gasteiger partial charge on any atom is 0.269 e. The molecular formula is C15H17N3O2. The summed E-state index contributed by atoms with van der Waals surface area (Å²) in [5.74, 6) is 0. The van der Waals surface area contributed by atoms with Crippen LogP contribution in [-0.4, -0.2) is 9.49 Å². The van der Waals surface area contributed by atoms with Crippen LogP contribution >= 0.6 is 0 Å². The van der Waals surface area contributed by atoms with E-state index in [9.17, 15) is 10.1 Å². The first-order valence-electron chi connectivity index (χ1n) is 6.79. The number of nitrogens with zero attached hydrogens (tertiary/aromatic N) is 2. The van der Waals surface area contributed by atoms with Crippen molar-refractivity contribution in [3.63, 3.8) is 0 Å². The van der Waals surface area contributed by atoms with E-state index >= 15 is 0 Å². The minimum atomic E-state index is -0.377. The molecule has 5 heteroatoms. The van der Waals surface area contributed by atoms with Gasteiger partial charge in [-0.05, 0) is 49.9 Å². The first-order chi connectivity index (χ1) is 9.58. The minimum Gasteiger partial charge on any atom is -0.324 e. The Bertz CT molecular complexity index is 659. The van der Waals surface area contributed by atoms with Gasteiger partial charge in [0.2, 0.25) is 0 Å². The normalized spacial score (nSPS) is 17.8. The quantitative estimate of drug-likeness (QED) is 0.674. The summed E-state index contributed by atoms with van der Waals surface area (Å²) >= 11 is 0. The highest BCUT2D eigenvalue weighted by atomic mass is 16.6. The van der Waals surface area contributed by atoms with E-state index in [-0.39, 0.29) is 16.7 Å². The van der Waals surface area contributed by atoms with E-state index in [2.05, 4.69) is 10.6 Å². The van der Waals surface area contributed by atoms with E-state index in [0.29, 0.717) is 0 Å². The minimum absolute atomic E-state index is 0.108. The van der Waals surface area contributed by atoms with Crippen molar-refractivity contribution in [1.29, 1.82) is 0 Å². The van der Waals surface area contributed by atoms with Crippen LogP contribution in [0.15, 0.2) is 30.3 Å². The van der Waals surface area contributed by atoms with Crippen LogP contribution in [-0.2, 0) is 6.42 Å². The van der Waals surface area contributed by atoms with Gasteiger partial charge in [-0.15, -0.1) is 0 Å². The molecule has 1 atom stereocenters. The molecule has 3 rings (SSSR count). The lowest BCUT2D eigenvalue weighted by molar-refractivity contribution is -0.384. The molecule has 1 aromatic heterocycles. The van der Waals surface area contributed by atoms with E-state index < -0.39 is 0 Å². The summed E-state index contributed by atoms with van der Waals surface area (Å²) in [4.78, 5) is 10.3. The number of non-ortho nitro benzene ring substituents is 1. The smallest absolute Gasteiger partial charge is 0.269 e. The van der Waals surface area contributed by atoms with Crippen LogP contribution in [0.2, 0.25) is 0 Å². The summed E-state index contributed by atoms with van der Waals surface area (Å²) in [6.07, 6.45) is 3.12. The van der Waals surface area contributed by atoms with Crippen LogP contribution in [0.1, 0.15) is 35.8 Å². The van der Waals surface area contributed by atoms with Gasteiger partial charge < -0.3 is 10.3 Å². The number of hydrogen-bond acceptors (Lipinski definition) is 3. The fourth-order valence-corrected chi connectivity index (χ4v) is 3.02. The molecule has 1 aliphatic rings. The van der Waals surface area contributed by atoms with Crippen molar-refractivity contribution in [1.82, 2.24) is 4.57 Å². The van der Waals surface area contributed by atoms with Crippen molar-refractivity contribution in [2.45, 2.75) is 32.2 Å². The Balaban J connectivity index is 2.08. The molecule has 0 saturated heterocycles. The largest absolute Gasteiger partial charge is 0.324 e. The average molecular weight is 271 g/mol. The molecule has 20 heavy (non-hydrogen) atoms. The van der Waals surface area contributed by atoms with Crippen LogP contribution < -0.4 is 5.73 Å². The average Bonchev–Trinajstić information content (AvgIpc) is 2.77. The topological polar surface area (TPSA) is 74.1 Å². The highest BCUT2D eigenvalue weighted by Crippen LogP contribution is 2.33. The standard InChI is InChI=1S/C15H17N3O2/c1-10-9-13-14(16)3-2-4-15(13)17(10)11-5-7-12(8-6-11)18(19)20/h5-9,14H,2-4,16H2,1H3. The molecule has 0 saturated carbocycles. The van der Waals surface area contributed by atoms with E-state index in [0.717, 1.165) is 30.6 Å². The Hall–Kier alpha value is -2.14. The third-order valence-electron chi connectivity index (χ3n) is 3.97. The predicted octanol–water partition coefficient (Wildman–Crippen LogP) is 3.03. The number of nitrogens with two attached hydrogens (primary N) is 1. The molecule has 104 valence electrons. The van der Waals surface area contributed by atoms with Gasteiger partial charge in [0, 0.05) is 35.2 Å². The number of benzene rings is 1. The van der Waals surface area contributed by atoms with Crippen LogP contribution in [0, 0.1) is 17.0 Å². The van der Waals surface area contributed by atoms with Crippen LogP contribution in [0.25, 0.3) is 5.69 Å². The highest BCUT2D eigenvalue weighted by molar-refractivity contribution is 5.46. The lowest BCUT2D eigenvalue weighted by Gasteiger charge is -2.21. The van der Waals surface area contributed by atoms with Gasteiger partial charge in [-0.25, -0.2) is 0 Å². The van der Waals surface area contributed by atoms with Crippen molar-refractivity contribution in [2.75, 3.05) is 0 Å². The molecule has 0 radical (unpaired) electrons. The lowest BCUT2D eigenvalue weighted by Crippen LogP contribution is -2.17. The molecule has 2 N–H and O–H groups in total. The van der Waals surface area contributed by atoms with Crippen LogP contribution in [0.4, 0.5) is 5.69 Å². The molecule has 1 heterocycles. The Morgan fingerprint density at radius 1 is 1.35 bits per heavy atom. The van der Waals surface area contributed by atoms with Gasteiger partial charge in [0.05, 0.1) is 4.92 Å². The van der Waals surface area contributed by atoms with Crippen molar-refractivity contribution in [3.05, 3.63) is 57.4 Å². The predicted molar refractivity (Wildman–Crippen MR) is 77.0 cm³/mol. The summed E-state index contributed by atoms with van der Waals surface area (Å²) < 4.78 is 2.16. The molecule has 0 aliphatic heterocycles. The number of nitro groups is 1. The fourth-order valence-electron chi connectivity index (χ4n) is 3.02. The summed E-state index contributed by atoms with van der Waals surface area (Å²) in [6, 6.07) is 8.93. The van der Waals surface area contributed by atoms with Crippen LogP contribution in [0.3, 0.4) is 0 Å². The van der Waals surface area contributed by atoms with Gasteiger partial charge in [0.25, 0.3) is 5.69 Å². The zero-order valence-electron chi connectivity index (χ0n) is 11.4. The first kappa shape index (κ1) is 12.9. The summed E-state index contributed by atoms with van der Waals surface area (Å²) in [5, 5.41) is 10.7. The molecule has 2 aromatic rings. The van der Waals surface area contributed by atoms with Crippen LogP contribution in [0.5, 0.6) is 0 Å². The Kier molecular flexibility index (Phi) is 3.06. The molecule has 1 unspecified atom stereocenters. The van der Waals surface area contributed by atoms with Crippen molar-refractivity contribution < 1.29 is 4.92 Å². The van der Waals surface area contributed by atoms with E-state index in [1.54, 1.807) is 24.3 Å².